The minimum absolute atomic E-state index is 0.0877. The van der Waals surface area contributed by atoms with E-state index in [0.29, 0.717) is 103 Å². The van der Waals surface area contributed by atoms with Crippen LogP contribution in [0.2, 0.25) is 0 Å². The Bertz CT molecular complexity index is 1920. The number of nitrogens with one attached hydrogen (secondary N) is 6. The molecule has 6 amide bonds. The molecule has 4 aliphatic rings. The highest BCUT2D eigenvalue weighted by Crippen LogP contribution is 2.32. The van der Waals surface area contributed by atoms with E-state index in [1.54, 1.807) is 37.7 Å². The molecule has 15 nitrogen and oxygen atoms in total. The van der Waals surface area contributed by atoms with Gasteiger partial charge in [-0.15, -0.1) is 0 Å². The minimum Gasteiger partial charge on any atom is -0.347 e. The molecule has 8 atom stereocenters. The number of benzene rings is 2. The zero-order valence-corrected chi connectivity index (χ0v) is 41.0. The lowest BCUT2D eigenvalue weighted by atomic mass is 9.87. The smallest absolute Gasteiger partial charge is 0.245 e. The first-order valence-electron chi connectivity index (χ1n) is 25.7. The number of rotatable bonds is 24. The molecule has 2 aliphatic carbocycles. The van der Waals surface area contributed by atoms with Crippen LogP contribution in [0.3, 0.4) is 0 Å². The van der Waals surface area contributed by atoms with Gasteiger partial charge >= 0.3 is 0 Å². The van der Waals surface area contributed by atoms with E-state index in [1.807, 2.05) is 24.3 Å². The van der Waals surface area contributed by atoms with Crippen LogP contribution in [0.15, 0.2) is 48.5 Å². The Hall–Kier alpha value is -5.15. The molecule has 2 heterocycles. The number of hydrogen-bond donors (Lipinski definition) is 6. The topological polar surface area (TPSA) is 198 Å². The van der Waals surface area contributed by atoms with Crippen LogP contribution >= 0.6 is 0 Å². The first-order valence-corrected chi connectivity index (χ1v) is 25.7. The summed E-state index contributed by atoms with van der Waals surface area (Å²) in [6.07, 6.45) is 13.8. The van der Waals surface area contributed by atoms with Gasteiger partial charge in [0.05, 0.1) is 24.2 Å². The van der Waals surface area contributed by atoms with Gasteiger partial charge in [-0.3, -0.25) is 33.6 Å². The maximum Gasteiger partial charge on any atom is 0.245 e. The zero-order chi connectivity index (χ0) is 48.6. The fraction of sp³-hybridized carbons (Fsp3) is 0.642. The standard InChI is InChI=1S/C53H78N8O7/c1-35(54-3)48(63)58-44(52(67)60-33-17-31-46(60)50(65)56-42-29-15-21-37-19-11-13-25-40(37)42)27-9-5-7-23-39(62)24-8-6-10-28-45(59-49(64)36(2)55-4)53(68)61-34-18-32-47(61)51(66)57-43-30-16-22-38-20-12-14-26-41(38)43/h11-14,19-20,25-26,35-36,42-47,54-55H,5-10,15-18,21-24,27-34H2,1-4H3,(H,56,65)(H,57,66)(H,58,63)(H,59,64)/t35-,36-,42+,43+,44-,45-,46-,47-/m0/s1. The number of amides is 6. The molecule has 2 aromatic carbocycles. The van der Waals surface area contributed by atoms with Crippen molar-refractivity contribution in [1.82, 2.24) is 41.7 Å². The van der Waals surface area contributed by atoms with Crippen LogP contribution in [0.5, 0.6) is 0 Å². The van der Waals surface area contributed by atoms with Crippen LogP contribution in [0.25, 0.3) is 0 Å². The summed E-state index contributed by atoms with van der Waals surface area (Å²) in [7, 11) is 3.38. The van der Waals surface area contributed by atoms with E-state index in [9.17, 15) is 33.6 Å². The maximum absolute atomic E-state index is 14.1. The Morgan fingerprint density at radius 1 is 0.544 bits per heavy atom. The van der Waals surface area contributed by atoms with Crippen molar-refractivity contribution in [2.45, 2.75) is 191 Å². The normalized spacial score (nSPS) is 21.6. The summed E-state index contributed by atoms with van der Waals surface area (Å²) in [4.78, 5) is 98.1. The Morgan fingerprint density at radius 2 is 0.956 bits per heavy atom. The van der Waals surface area contributed by atoms with Crippen molar-refractivity contribution in [3.05, 3.63) is 70.8 Å². The molecule has 0 spiro atoms. The van der Waals surface area contributed by atoms with Crippen molar-refractivity contribution in [3.63, 3.8) is 0 Å². The molecule has 0 radical (unpaired) electrons. The van der Waals surface area contributed by atoms with Crippen molar-refractivity contribution >= 4 is 41.2 Å². The van der Waals surface area contributed by atoms with Gasteiger partial charge in [-0.2, -0.15) is 0 Å². The number of carbonyl (C=O) groups excluding carboxylic acids is 7. The van der Waals surface area contributed by atoms with Crippen molar-refractivity contribution < 1.29 is 33.6 Å². The summed E-state index contributed by atoms with van der Waals surface area (Å²) >= 11 is 0. The molecule has 6 N–H and O–H groups in total. The molecule has 0 saturated carbocycles. The second-order valence-corrected chi connectivity index (χ2v) is 19.6. The summed E-state index contributed by atoms with van der Waals surface area (Å²) in [5.41, 5.74) is 4.78. The highest BCUT2D eigenvalue weighted by molar-refractivity contribution is 5.94. The average molecular weight is 939 g/mol. The number of aryl methyl sites for hydroxylation is 2. The molecule has 0 bridgehead atoms. The summed E-state index contributed by atoms with van der Waals surface area (Å²) in [5, 5.41) is 18.3. The molecule has 2 saturated heterocycles. The molecule has 2 fully saturated rings. The lowest BCUT2D eigenvalue weighted by molar-refractivity contribution is -0.142. The molecule has 6 rings (SSSR count). The number of ketones is 1. The summed E-state index contributed by atoms with van der Waals surface area (Å²) < 4.78 is 0. The van der Waals surface area contributed by atoms with Crippen LogP contribution in [0.1, 0.15) is 164 Å². The van der Waals surface area contributed by atoms with Gasteiger partial charge in [-0.1, -0.05) is 74.2 Å². The first-order chi connectivity index (χ1) is 32.9. The van der Waals surface area contributed by atoms with E-state index in [-0.39, 0.29) is 53.3 Å². The van der Waals surface area contributed by atoms with Crippen LogP contribution in [-0.2, 0) is 46.4 Å². The number of nitrogens with zero attached hydrogens (tertiary/aromatic N) is 2. The van der Waals surface area contributed by atoms with Gasteiger partial charge in [-0.25, -0.2) is 0 Å². The molecule has 68 heavy (non-hydrogen) atoms. The number of likely N-dealkylation sites (tertiary alicyclic amines) is 2. The Labute approximate surface area is 403 Å². The van der Waals surface area contributed by atoms with E-state index in [4.69, 9.17) is 0 Å². The van der Waals surface area contributed by atoms with Gasteiger partial charge in [-0.05, 0) is 140 Å². The number of unbranched alkanes of at least 4 members (excludes halogenated alkanes) is 4. The second-order valence-electron chi connectivity index (χ2n) is 19.6. The monoisotopic (exact) mass is 939 g/mol. The predicted octanol–water partition coefficient (Wildman–Crippen LogP) is 5.01. The SMILES string of the molecule is CN[C@@H](C)C(=O)N[C@@H](CCCCCC(=O)CCCCC[C@H](NC(=O)[C@H](C)NC)C(=O)N1CCC[C@H]1C(=O)N[C@@H]1CCCc2ccccc21)C(=O)N1CCC[C@H]1C(=O)N[C@@H]1CCCc2ccccc21. The number of hydrogen-bond acceptors (Lipinski definition) is 9. The average Bonchev–Trinajstić information content (AvgIpc) is 4.06. The van der Waals surface area contributed by atoms with Crippen molar-refractivity contribution in [2.24, 2.45) is 0 Å². The highest BCUT2D eigenvalue weighted by atomic mass is 16.2. The number of likely N-dealkylation sites (N-methyl/N-ethyl adjacent to an activating group) is 2. The number of carbonyl (C=O) groups is 7. The lowest BCUT2D eigenvalue weighted by Crippen LogP contribution is -2.55. The fourth-order valence-corrected chi connectivity index (χ4v) is 10.5. The minimum atomic E-state index is -0.784. The van der Waals surface area contributed by atoms with Gasteiger partial charge in [0.15, 0.2) is 0 Å². The van der Waals surface area contributed by atoms with E-state index in [1.165, 1.54) is 11.1 Å². The predicted molar refractivity (Wildman–Crippen MR) is 262 cm³/mol. The summed E-state index contributed by atoms with van der Waals surface area (Å²) in [6, 6.07) is 12.5. The highest BCUT2D eigenvalue weighted by Gasteiger charge is 2.40. The first kappa shape index (κ1) is 52.2. The largest absolute Gasteiger partial charge is 0.347 e. The maximum atomic E-state index is 14.1. The molecule has 0 aromatic heterocycles. The summed E-state index contributed by atoms with van der Waals surface area (Å²) in [6.45, 7) is 4.38. The van der Waals surface area contributed by atoms with E-state index >= 15 is 0 Å². The van der Waals surface area contributed by atoms with Gasteiger partial charge in [0.25, 0.3) is 0 Å². The fourth-order valence-electron chi connectivity index (χ4n) is 10.5. The van der Waals surface area contributed by atoms with E-state index in [2.05, 4.69) is 56.2 Å². The quantitative estimate of drug-likeness (QED) is 0.0784. The Kier molecular flexibility index (Phi) is 20.0. The molecule has 0 unspecified atom stereocenters. The van der Waals surface area contributed by atoms with Crippen LogP contribution in [0.4, 0.5) is 0 Å². The lowest BCUT2D eigenvalue weighted by Gasteiger charge is -2.32. The van der Waals surface area contributed by atoms with E-state index < -0.39 is 36.3 Å². The molecule has 15 heteroatoms. The van der Waals surface area contributed by atoms with Gasteiger partial charge in [0, 0.05) is 25.9 Å². The molecule has 2 aromatic rings. The Balaban J connectivity index is 0.940. The zero-order valence-electron chi connectivity index (χ0n) is 41.0. The summed E-state index contributed by atoms with van der Waals surface area (Å²) in [5.74, 6) is -1.21. The molecule has 372 valence electrons. The number of Topliss-reactive ketones (excluding diaryl/α,β-unsaturated/α-hetero) is 1. The third kappa shape index (κ3) is 14.0. The van der Waals surface area contributed by atoms with Crippen LogP contribution in [0, 0.1) is 0 Å². The molecule has 2 aliphatic heterocycles. The van der Waals surface area contributed by atoms with Crippen LogP contribution < -0.4 is 31.9 Å². The van der Waals surface area contributed by atoms with Gasteiger partial charge < -0.3 is 41.7 Å². The third-order valence-electron chi connectivity index (χ3n) is 14.8. The molecular formula is C53H78N8O7. The van der Waals surface area contributed by atoms with Crippen molar-refractivity contribution in [3.8, 4) is 0 Å². The van der Waals surface area contributed by atoms with Gasteiger partial charge in [0.2, 0.25) is 35.4 Å². The number of fused-ring (bicyclic) bond motifs is 2. The van der Waals surface area contributed by atoms with Crippen molar-refractivity contribution in [1.29, 1.82) is 0 Å². The van der Waals surface area contributed by atoms with Crippen LogP contribution in [-0.4, -0.2) is 114 Å². The van der Waals surface area contributed by atoms with Crippen molar-refractivity contribution in [2.75, 3.05) is 27.2 Å². The Morgan fingerprint density at radius 3 is 1.37 bits per heavy atom. The third-order valence-corrected chi connectivity index (χ3v) is 14.8. The second kappa shape index (κ2) is 26.0. The molecular weight excluding hydrogens is 861 g/mol. The van der Waals surface area contributed by atoms with E-state index in [0.717, 1.165) is 49.7 Å². The van der Waals surface area contributed by atoms with Gasteiger partial charge in [0.1, 0.15) is 30.0 Å².